The fourth-order valence-corrected chi connectivity index (χ4v) is 2.42. The number of nitrogens with zero attached hydrogens (tertiary/aromatic N) is 3. The Labute approximate surface area is 128 Å². The molecule has 22 heavy (non-hydrogen) atoms. The van der Waals surface area contributed by atoms with E-state index in [9.17, 15) is 19.5 Å². The average molecular weight is 317 g/mol. The quantitative estimate of drug-likeness (QED) is 0.540. The summed E-state index contributed by atoms with van der Waals surface area (Å²) in [7, 11) is 1.87. The van der Waals surface area contributed by atoms with Crippen LogP contribution in [0.3, 0.4) is 0 Å². The van der Waals surface area contributed by atoms with E-state index in [0.29, 0.717) is 39.3 Å². The summed E-state index contributed by atoms with van der Waals surface area (Å²) in [6.07, 6.45) is -0.474. The molecule has 0 amide bonds. The second-order valence-corrected chi connectivity index (χ2v) is 5.46. The predicted octanol–water partition coefficient (Wildman–Crippen LogP) is -1.45. The molecule has 9 heteroatoms. The first-order valence-electron chi connectivity index (χ1n) is 7.11. The van der Waals surface area contributed by atoms with Gasteiger partial charge in [-0.3, -0.25) is 24.2 Å². The third-order valence-electron chi connectivity index (χ3n) is 3.72. The van der Waals surface area contributed by atoms with E-state index in [1.165, 1.54) is 0 Å². The molecule has 9 nitrogen and oxygen atoms in total. The summed E-state index contributed by atoms with van der Waals surface area (Å²) in [5.74, 6) is -3.27. The largest absolute Gasteiger partial charge is 0.481 e. The van der Waals surface area contributed by atoms with Crippen molar-refractivity contribution in [2.75, 3.05) is 52.9 Å². The number of rotatable bonds is 6. The highest BCUT2D eigenvalue weighted by molar-refractivity contribution is 5.80. The van der Waals surface area contributed by atoms with Crippen LogP contribution >= 0.6 is 0 Å². The number of hydrogen-bond acceptors (Lipinski definition) is 6. The smallest absolute Gasteiger partial charge is 0.321 e. The van der Waals surface area contributed by atoms with E-state index in [-0.39, 0.29) is 6.54 Å². The van der Waals surface area contributed by atoms with Crippen molar-refractivity contribution in [2.45, 2.75) is 12.5 Å². The van der Waals surface area contributed by atoms with Gasteiger partial charge in [0.1, 0.15) is 6.04 Å². The van der Waals surface area contributed by atoms with E-state index in [2.05, 4.69) is 0 Å². The van der Waals surface area contributed by atoms with Crippen molar-refractivity contribution in [3.63, 3.8) is 0 Å². The summed E-state index contributed by atoms with van der Waals surface area (Å²) >= 11 is 0. The lowest BCUT2D eigenvalue weighted by Gasteiger charge is -2.29. The molecule has 1 saturated heterocycles. The van der Waals surface area contributed by atoms with Crippen LogP contribution in [0.1, 0.15) is 6.42 Å². The number of carbonyl (C=O) groups is 3. The third-order valence-corrected chi connectivity index (χ3v) is 3.72. The van der Waals surface area contributed by atoms with Gasteiger partial charge in [-0.25, -0.2) is 0 Å². The Balaban J connectivity index is 2.80. The number of aliphatic carboxylic acids is 3. The molecule has 0 saturated carbocycles. The molecule has 1 aliphatic rings. The topological polar surface area (TPSA) is 122 Å². The van der Waals surface area contributed by atoms with Gasteiger partial charge in [0.15, 0.2) is 0 Å². The molecular weight excluding hydrogens is 294 g/mol. The van der Waals surface area contributed by atoms with Crippen LogP contribution in [0.4, 0.5) is 0 Å². The normalized spacial score (nSPS) is 20.6. The average Bonchev–Trinajstić information content (AvgIpc) is 2.48. The van der Waals surface area contributed by atoms with Crippen LogP contribution in [0, 0.1) is 0 Å². The van der Waals surface area contributed by atoms with E-state index in [0.717, 1.165) is 0 Å². The summed E-state index contributed by atoms with van der Waals surface area (Å²) < 4.78 is 0. The SMILES string of the molecule is CN1CCN(CC(=O)O)CCN(C(CC(=O)O)C(=O)O)CC1. The lowest BCUT2D eigenvalue weighted by molar-refractivity contribution is -0.150. The highest BCUT2D eigenvalue weighted by Crippen LogP contribution is 2.08. The molecule has 0 bridgehead atoms. The fraction of sp³-hybridized carbons (Fsp3) is 0.769. The summed E-state index contributed by atoms with van der Waals surface area (Å²) in [4.78, 5) is 38.4. The highest BCUT2D eigenvalue weighted by Gasteiger charge is 2.29. The minimum Gasteiger partial charge on any atom is -0.481 e. The van der Waals surface area contributed by atoms with Crippen molar-refractivity contribution in [1.29, 1.82) is 0 Å². The molecule has 0 aromatic carbocycles. The minimum absolute atomic E-state index is 0.113. The van der Waals surface area contributed by atoms with Crippen molar-refractivity contribution in [1.82, 2.24) is 14.7 Å². The van der Waals surface area contributed by atoms with Gasteiger partial charge in [-0.15, -0.1) is 0 Å². The molecule has 0 aliphatic carbocycles. The third kappa shape index (κ3) is 6.37. The van der Waals surface area contributed by atoms with Crippen LogP contribution in [-0.4, -0.2) is 107 Å². The van der Waals surface area contributed by atoms with E-state index in [1.54, 1.807) is 9.80 Å². The van der Waals surface area contributed by atoms with Crippen molar-refractivity contribution in [2.24, 2.45) is 0 Å². The second-order valence-electron chi connectivity index (χ2n) is 5.46. The Morgan fingerprint density at radius 2 is 1.45 bits per heavy atom. The van der Waals surface area contributed by atoms with Gasteiger partial charge in [0, 0.05) is 39.3 Å². The highest BCUT2D eigenvalue weighted by atomic mass is 16.4. The van der Waals surface area contributed by atoms with Gasteiger partial charge in [-0.1, -0.05) is 0 Å². The van der Waals surface area contributed by atoms with Crippen molar-refractivity contribution >= 4 is 17.9 Å². The van der Waals surface area contributed by atoms with Crippen LogP contribution < -0.4 is 0 Å². The molecule has 0 aromatic heterocycles. The Kier molecular flexibility index (Phi) is 7.22. The van der Waals surface area contributed by atoms with Crippen LogP contribution in [-0.2, 0) is 14.4 Å². The Hall–Kier alpha value is -1.71. The molecule has 1 rings (SSSR count). The predicted molar refractivity (Wildman–Crippen MR) is 76.8 cm³/mol. The van der Waals surface area contributed by atoms with Crippen LogP contribution in [0.2, 0.25) is 0 Å². The van der Waals surface area contributed by atoms with E-state index in [4.69, 9.17) is 10.2 Å². The summed E-state index contributed by atoms with van der Waals surface area (Å²) in [6.45, 7) is 2.89. The van der Waals surface area contributed by atoms with Gasteiger partial charge in [-0.2, -0.15) is 0 Å². The first-order valence-corrected chi connectivity index (χ1v) is 7.11. The lowest BCUT2D eigenvalue weighted by atomic mass is 10.1. The number of carboxylic acid groups (broad SMARTS) is 3. The zero-order valence-corrected chi connectivity index (χ0v) is 12.6. The molecule has 1 fully saturated rings. The van der Waals surface area contributed by atoms with Crippen molar-refractivity contribution < 1.29 is 29.7 Å². The van der Waals surface area contributed by atoms with Gasteiger partial charge in [0.2, 0.25) is 0 Å². The summed E-state index contributed by atoms with van der Waals surface area (Å²) in [5.41, 5.74) is 0. The fourth-order valence-electron chi connectivity index (χ4n) is 2.42. The maximum absolute atomic E-state index is 11.3. The maximum atomic E-state index is 11.3. The first kappa shape index (κ1) is 18.3. The Morgan fingerprint density at radius 3 is 2.00 bits per heavy atom. The second kappa shape index (κ2) is 8.66. The van der Waals surface area contributed by atoms with Gasteiger partial charge >= 0.3 is 17.9 Å². The van der Waals surface area contributed by atoms with Crippen LogP contribution in [0.15, 0.2) is 0 Å². The monoisotopic (exact) mass is 317 g/mol. The molecule has 0 spiro atoms. The Bertz CT molecular complexity index is 417. The lowest BCUT2D eigenvalue weighted by Crippen LogP contribution is -2.47. The van der Waals surface area contributed by atoms with Gasteiger partial charge in [0.25, 0.3) is 0 Å². The minimum atomic E-state index is -1.17. The zero-order valence-electron chi connectivity index (χ0n) is 12.6. The van der Waals surface area contributed by atoms with Crippen molar-refractivity contribution in [3.05, 3.63) is 0 Å². The van der Waals surface area contributed by atoms with Crippen LogP contribution in [0.25, 0.3) is 0 Å². The molecule has 1 aliphatic heterocycles. The van der Waals surface area contributed by atoms with Gasteiger partial charge in [0.05, 0.1) is 13.0 Å². The van der Waals surface area contributed by atoms with Crippen LogP contribution in [0.5, 0.6) is 0 Å². The maximum Gasteiger partial charge on any atom is 0.321 e. The molecule has 0 aromatic rings. The Morgan fingerprint density at radius 1 is 0.909 bits per heavy atom. The van der Waals surface area contributed by atoms with E-state index in [1.807, 2.05) is 11.9 Å². The molecule has 1 atom stereocenters. The standard InChI is InChI=1S/C13H23N3O6/c1-14-2-4-15(9-12(19)20)5-7-16(6-3-14)10(13(21)22)8-11(17)18/h10H,2-9H2,1H3,(H,17,18)(H,19,20)(H,21,22). The molecular formula is C13H23N3O6. The molecule has 3 N–H and O–H groups in total. The molecule has 126 valence electrons. The molecule has 1 unspecified atom stereocenters. The summed E-state index contributed by atoms with van der Waals surface area (Å²) in [5, 5.41) is 27.0. The number of carboxylic acids is 3. The zero-order chi connectivity index (χ0) is 16.7. The first-order chi connectivity index (χ1) is 10.3. The summed E-state index contributed by atoms with van der Waals surface area (Å²) in [6, 6.07) is -1.10. The van der Waals surface area contributed by atoms with Gasteiger partial charge in [-0.05, 0) is 7.05 Å². The van der Waals surface area contributed by atoms with Gasteiger partial charge < -0.3 is 20.2 Å². The van der Waals surface area contributed by atoms with Crippen molar-refractivity contribution in [3.8, 4) is 0 Å². The number of likely N-dealkylation sites (N-methyl/N-ethyl adjacent to an activating group) is 1. The van der Waals surface area contributed by atoms with E-state index < -0.39 is 30.4 Å². The molecule has 0 radical (unpaired) electrons. The number of hydrogen-bond donors (Lipinski definition) is 3. The van der Waals surface area contributed by atoms with E-state index >= 15 is 0 Å². The molecule has 1 heterocycles.